The van der Waals surface area contributed by atoms with E-state index >= 15 is 0 Å². The summed E-state index contributed by atoms with van der Waals surface area (Å²) in [6.07, 6.45) is 13.3. The number of hydrogen-bond donors (Lipinski definition) is 0. The molecule has 130 valence electrons. The van der Waals surface area contributed by atoms with E-state index in [0.717, 1.165) is 18.3 Å². The van der Waals surface area contributed by atoms with Crippen LogP contribution in [0.1, 0.15) is 70.3 Å². The molecule has 0 N–H and O–H groups in total. The summed E-state index contributed by atoms with van der Waals surface area (Å²) in [5.41, 5.74) is 1.48. The minimum absolute atomic E-state index is 0.866. The van der Waals surface area contributed by atoms with E-state index in [4.69, 9.17) is 4.74 Å². The van der Waals surface area contributed by atoms with Crippen molar-refractivity contribution >= 4 is 10.8 Å². The average Bonchev–Trinajstić information content (AvgIpc) is 3.13. The van der Waals surface area contributed by atoms with Gasteiger partial charge in [-0.25, -0.2) is 0 Å². The number of rotatable bonds is 9. The normalized spacial score (nSPS) is 15.2. The van der Waals surface area contributed by atoms with Crippen molar-refractivity contribution in [3.05, 3.63) is 42.0 Å². The summed E-state index contributed by atoms with van der Waals surface area (Å²) in [5.74, 6) is 1.97. The Hall–Kier alpha value is -1.50. The summed E-state index contributed by atoms with van der Waals surface area (Å²) >= 11 is 0. The number of unbranched alkanes of at least 4 members (excludes halogenated alkanes) is 3. The molecule has 1 nitrogen and oxygen atoms in total. The van der Waals surface area contributed by atoms with E-state index in [2.05, 4.69) is 43.3 Å². The molecule has 0 bridgehead atoms. The van der Waals surface area contributed by atoms with Gasteiger partial charge in [0.05, 0.1) is 6.61 Å². The Balaban J connectivity index is 1.65. The quantitative estimate of drug-likeness (QED) is 0.455. The van der Waals surface area contributed by atoms with E-state index in [-0.39, 0.29) is 0 Å². The highest BCUT2D eigenvalue weighted by molar-refractivity contribution is 5.91. The van der Waals surface area contributed by atoms with Crippen molar-refractivity contribution in [2.45, 2.75) is 71.1 Å². The highest BCUT2D eigenvalue weighted by Crippen LogP contribution is 2.31. The van der Waals surface area contributed by atoms with Crippen molar-refractivity contribution in [3.8, 4) is 5.75 Å². The molecule has 0 heterocycles. The Morgan fingerprint density at radius 3 is 2.50 bits per heavy atom. The zero-order chi connectivity index (χ0) is 16.6. The second-order valence-corrected chi connectivity index (χ2v) is 7.37. The maximum absolute atomic E-state index is 6.18. The van der Waals surface area contributed by atoms with Crippen LogP contribution in [-0.2, 0) is 6.42 Å². The summed E-state index contributed by atoms with van der Waals surface area (Å²) < 4.78 is 6.18. The molecule has 1 fully saturated rings. The van der Waals surface area contributed by atoms with Gasteiger partial charge >= 0.3 is 0 Å². The van der Waals surface area contributed by atoms with Crippen molar-refractivity contribution in [2.24, 2.45) is 5.92 Å². The molecular formula is C23H32O. The summed E-state index contributed by atoms with van der Waals surface area (Å²) in [4.78, 5) is 0. The lowest BCUT2D eigenvalue weighted by Crippen LogP contribution is -2.04. The molecule has 0 radical (unpaired) electrons. The van der Waals surface area contributed by atoms with E-state index in [0.29, 0.717) is 0 Å². The first-order valence-corrected chi connectivity index (χ1v) is 10.0. The van der Waals surface area contributed by atoms with Crippen LogP contribution in [0.15, 0.2) is 36.4 Å². The van der Waals surface area contributed by atoms with Crippen LogP contribution in [0.2, 0.25) is 0 Å². The lowest BCUT2D eigenvalue weighted by atomic mass is 9.98. The SMILES string of the molecule is CCCCCCc1ccc(OCCC2CCCC2)c2ccccc12. The molecule has 0 saturated heterocycles. The Kier molecular flexibility index (Phi) is 6.57. The van der Waals surface area contributed by atoms with Gasteiger partial charge in [-0.1, -0.05) is 82.2 Å². The largest absolute Gasteiger partial charge is 0.493 e. The molecule has 0 unspecified atom stereocenters. The maximum Gasteiger partial charge on any atom is 0.127 e. The van der Waals surface area contributed by atoms with E-state index in [1.54, 1.807) is 0 Å². The minimum Gasteiger partial charge on any atom is -0.493 e. The predicted molar refractivity (Wildman–Crippen MR) is 104 cm³/mol. The molecule has 0 spiro atoms. The van der Waals surface area contributed by atoms with Crippen molar-refractivity contribution in [3.63, 3.8) is 0 Å². The van der Waals surface area contributed by atoms with E-state index in [1.807, 2.05) is 0 Å². The average molecular weight is 325 g/mol. The zero-order valence-corrected chi connectivity index (χ0v) is 15.2. The van der Waals surface area contributed by atoms with E-state index < -0.39 is 0 Å². The van der Waals surface area contributed by atoms with Gasteiger partial charge < -0.3 is 4.74 Å². The number of ether oxygens (including phenoxy) is 1. The van der Waals surface area contributed by atoms with Crippen LogP contribution < -0.4 is 4.74 Å². The van der Waals surface area contributed by atoms with Gasteiger partial charge in [0.1, 0.15) is 5.75 Å². The van der Waals surface area contributed by atoms with Gasteiger partial charge in [0.15, 0.2) is 0 Å². The standard InChI is InChI=1S/C23H32O/c1-2-3-4-5-12-20-15-16-23(22-14-9-8-13-21(20)22)24-18-17-19-10-6-7-11-19/h8-9,13-16,19H,2-7,10-12,17-18H2,1H3. The van der Waals surface area contributed by atoms with Gasteiger partial charge in [-0.15, -0.1) is 0 Å². The molecule has 0 aliphatic heterocycles. The van der Waals surface area contributed by atoms with Crippen LogP contribution in [0.4, 0.5) is 0 Å². The summed E-state index contributed by atoms with van der Waals surface area (Å²) in [6, 6.07) is 13.3. The molecule has 24 heavy (non-hydrogen) atoms. The summed E-state index contributed by atoms with van der Waals surface area (Å²) in [7, 11) is 0. The van der Waals surface area contributed by atoms with Gasteiger partial charge in [0.2, 0.25) is 0 Å². The second-order valence-electron chi connectivity index (χ2n) is 7.37. The van der Waals surface area contributed by atoms with Crippen LogP contribution in [0.5, 0.6) is 5.75 Å². The second kappa shape index (κ2) is 9.11. The van der Waals surface area contributed by atoms with Crippen LogP contribution in [0.25, 0.3) is 10.8 Å². The third-order valence-corrected chi connectivity index (χ3v) is 5.53. The lowest BCUT2D eigenvalue weighted by molar-refractivity contribution is 0.282. The summed E-state index contributed by atoms with van der Waals surface area (Å²) in [5, 5.41) is 2.67. The Morgan fingerprint density at radius 1 is 0.917 bits per heavy atom. The zero-order valence-electron chi connectivity index (χ0n) is 15.2. The van der Waals surface area contributed by atoms with Gasteiger partial charge in [0.25, 0.3) is 0 Å². The maximum atomic E-state index is 6.18. The number of benzene rings is 2. The third kappa shape index (κ3) is 4.53. The van der Waals surface area contributed by atoms with Crippen molar-refractivity contribution in [1.82, 2.24) is 0 Å². The van der Waals surface area contributed by atoms with Gasteiger partial charge in [-0.3, -0.25) is 0 Å². The molecule has 1 heteroatoms. The molecule has 1 aliphatic carbocycles. The molecule has 2 aromatic rings. The van der Waals surface area contributed by atoms with E-state index in [9.17, 15) is 0 Å². The van der Waals surface area contributed by atoms with E-state index in [1.165, 1.54) is 80.5 Å². The molecule has 1 aliphatic rings. The lowest BCUT2D eigenvalue weighted by Gasteiger charge is -2.14. The predicted octanol–water partition coefficient (Wildman–Crippen LogP) is 6.92. The number of fused-ring (bicyclic) bond motifs is 1. The van der Waals surface area contributed by atoms with Crippen LogP contribution >= 0.6 is 0 Å². The van der Waals surface area contributed by atoms with Crippen molar-refractivity contribution < 1.29 is 4.74 Å². The van der Waals surface area contributed by atoms with Gasteiger partial charge in [0, 0.05) is 5.39 Å². The van der Waals surface area contributed by atoms with Crippen LogP contribution in [0.3, 0.4) is 0 Å². The fourth-order valence-electron chi connectivity index (χ4n) is 4.05. The van der Waals surface area contributed by atoms with Crippen molar-refractivity contribution in [1.29, 1.82) is 0 Å². The molecule has 3 rings (SSSR count). The topological polar surface area (TPSA) is 9.23 Å². The van der Waals surface area contributed by atoms with Crippen molar-refractivity contribution in [2.75, 3.05) is 6.61 Å². The monoisotopic (exact) mass is 324 g/mol. The molecule has 0 atom stereocenters. The fraction of sp³-hybridized carbons (Fsp3) is 0.565. The van der Waals surface area contributed by atoms with Gasteiger partial charge in [-0.2, -0.15) is 0 Å². The van der Waals surface area contributed by atoms with Crippen LogP contribution in [-0.4, -0.2) is 6.61 Å². The van der Waals surface area contributed by atoms with Gasteiger partial charge in [-0.05, 0) is 42.2 Å². The minimum atomic E-state index is 0.866. The third-order valence-electron chi connectivity index (χ3n) is 5.53. The first-order valence-electron chi connectivity index (χ1n) is 10.0. The Bertz CT molecular complexity index is 625. The molecule has 2 aromatic carbocycles. The number of aryl methyl sites for hydroxylation is 1. The summed E-state index contributed by atoms with van der Waals surface area (Å²) in [6.45, 7) is 3.14. The highest BCUT2D eigenvalue weighted by atomic mass is 16.5. The fourth-order valence-corrected chi connectivity index (χ4v) is 4.05. The highest BCUT2D eigenvalue weighted by Gasteiger charge is 2.15. The molecule has 1 saturated carbocycles. The number of hydrogen-bond acceptors (Lipinski definition) is 1. The first kappa shape index (κ1) is 17.3. The Labute approximate surface area is 147 Å². The first-order chi connectivity index (χ1) is 11.9. The smallest absolute Gasteiger partial charge is 0.127 e. The molecular weight excluding hydrogens is 292 g/mol. The molecule has 0 aromatic heterocycles. The molecule has 0 amide bonds. The Morgan fingerprint density at radius 2 is 1.71 bits per heavy atom. The van der Waals surface area contributed by atoms with Crippen LogP contribution in [0, 0.1) is 5.92 Å².